The van der Waals surface area contributed by atoms with Crippen LogP contribution in [0, 0.1) is 11.8 Å². The average molecular weight is 429 g/mol. The van der Waals surface area contributed by atoms with Gasteiger partial charge in [-0.25, -0.2) is 0 Å². The number of rotatable bonds is 8. The van der Waals surface area contributed by atoms with Crippen LogP contribution in [0.25, 0.3) is 10.9 Å². The third-order valence-electron chi connectivity index (χ3n) is 5.98. The van der Waals surface area contributed by atoms with Gasteiger partial charge >= 0.3 is 0 Å². The number of aromatic nitrogens is 1. The number of quaternary nitrogens is 1. The molecule has 2 heterocycles. The van der Waals surface area contributed by atoms with Crippen LogP contribution in [0.15, 0.2) is 30.5 Å². The van der Waals surface area contributed by atoms with Crippen molar-refractivity contribution in [2.45, 2.75) is 51.6 Å². The normalized spacial score (nSPS) is 17.0. The molecule has 5 N–H and O–H groups in total. The number of carbonyl (C=O) groups is 3. The highest BCUT2D eigenvalue weighted by Gasteiger charge is 2.32. The summed E-state index contributed by atoms with van der Waals surface area (Å²) in [5.41, 5.74) is 6.18. The van der Waals surface area contributed by atoms with Gasteiger partial charge in [-0.1, -0.05) is 32.0 Å². The Morgan fingerprint density at radius 1 is 1.23 bits per heavy atom. The Morgan fingerprint density at radius 2 is 1.90 bits per heavy atom. The Hall–Kier alpha value is -2.87. The van der Waals surface area contributed by atoms with Gasteiger partial charge in [0, 0.05) is 42.5 Å². The Morgan fingerprint density at radius 3 is 2.55 bits per heavy atom. The molecule has 0 bridgehead atoms. The van der Waals surface area contributed by atoms with Crippen LogP contribution in [0.5, 0.6) is 0 Å². The molecule has 0 aliphatic carbocycles. The second-order valence-corrected chi connectivity index (χ2v) is 8.87. The fraction of sp³-hybridized carbons (Fsp3) is 0.522. The zero-order valence-corrected chi connectivity index (χ0v) is 18.2. The van der Waals surface area contributed by atoms with Crippen LogP contribution in [0.2, 0.25) is 0 Å². The van der Waals surface area contributed by atoms with Crippen LogP contribution < -0.4 is 16.2 Å². The number of carboxylic acid groups (broad SMARTS) is 1. The third kappa shape index (κ3) is 5.64. The van der Waals surface area contributed by atoms with Gasteiger partial charge in [-0.15, -0.1) is 0 Å². The number of carbonyl (C=O) groups excluding carboxylic acids is 3. The van der Waals surface area contributed by atoms with Gasteiger partial charge in [-0.05, 0) is 36.8 Å². The molecule has 1 aromatic heterocycles. The quantitative estimate of drug-likeness (QED) is 0.539. The number of aliphatic carboxylic acids is 1. The molecule has 8 nitrogen and oxygen atoms in total. The largest absolute Gasteiger partial charge is 0.548 e. The molecule has 1 aromatic carbocycles. The number of nitrogens with zero attached hydrogens (tertiary/aromatic N) is 1. The number of hydrogen-bond donors (Lipinski definition) is 3. The zero-order chi connectivity index (χ0) is 22.5. The molecule has 0 spiro atoms. The molecule has 2 atom stereocenters. The van der Waals surface area contributed by atoms with Gasteiger partial charge < -0.3 is 30.8 Å². The molecule has 3 rings (SSSR count). The average Bonchev–Trinajstić information content (AvgIpc) is 3.15. The first-order chi connectivity index (χ1) is 14.8. The van der Waals surface area contributed by atoms with E-state index < -0.39 is 18.1 Å². The first-order valence-electron chi connectivity index (χ1n) is 10.9. The van der Waals surface area contributed by atoms with Crippen LogP contribution in [0.4, 0.5) is 0 Å². The lowest BCUT2D eigenvalue weighted by Crippen LogP contribution is -2.69. The number of nitrogens with one attached hydrogen (secondary N) is 2. The number of amides is 2. The van der Waals surface area contributed by atoms with Crippen LogP contribution in [0.1, 0.15) is 38.7 Å². The zero-order valence-electron chi connectivity index (χ0n) is 18.2. The van der Waals surface area contributed by atoms with Crippen molar-refractivity contribution in [1.82, 2.24) is 15.2 Å². The van der Waals surface area contributed by atoms with E-state index in [0.29, 0.717) is 38.8 Å². The summed E-state index contributed by atoms with van der Waals surface area (Å²) in [6.45, 7) is 4.74. The van der Waals surface area contributed by atoms with Gasteiger partial charge in [0.05, 0.1) is 12.0 Å². The van der Waals surface area contributed by atoms with Crippen molar-refractivity contribution in [2.75, 3.05) is 13.1 Å². The summed E-state index contributed by atoms with van der Waals surface area (Å²) < 4.78 is 0. The molecule has 1 aliphatic rings. The molecule has 1 aliphatic heterocycles. The molecule has 1 saturated heterocycles. The highest BCUT2D eigenvalue weighted by atomic mass is 16.4. The topological polar surface area (TPSA) is 133 Å². The lowest BCUT2D eigenvalue weighted by atomic mass is 9.94. The van der Waals surface area contributed by atoms with Crippen LogP contribution in [-0.4, -0.2) is 52.8 Å². The highest BCUT2D eigenvalue weighted by molar-refractivity contribution is 5.86. The number of H-pyrrole nitrogens is 1. The third-order valence-corrected chi connectivity index (χ3v) is 5.98. The molecular formula is C23H32N4O4. The standard InChI is InChI=1S/C23H32N4O4/c1-14(2)11-20(23(30)31)26-21(28)15-7-9-27(10-8-15)22(29)18(24)12-16-13-25-19-6-4-3-5-17(16)19/h3-6,13-15,18,20,25H,7-12,24H2,1-2H3,(H,26,28)(H,30,31)/t18-,20-/m0/s1. The Labute approximate surface area is 182 Å². The lowest BCUT2D eigenvalue weighted by Gasteiger charge is -2.33. The molecule has 31 heavy (non-hydrogen) atoms. The molecule has 0 radical (unpaired) electrons. The van der Waals surface area contributed by atoms with Crippen molar-refractivity contribution >= 4 is 28.7 Å². The highest BCUT2D eigenvalue weighted by Crippen LogP contribution is 2.21. The van der Waals surface area contributed by atoms with Crippen molar-refractivity contribution < 1.29 is 25.2 Å². The van der Waals surface area contributed by atoms with Crippen LogP contribution in [0.3, 0.4) is 0 Å². The van der Waals surface area contributed by atoms with E-state index in [1.807, 2.05) is 44.3 Å². The second kappa shape index (κ2) is 9.96. The van der Waals surface area contributed by atoms with Crippen LogP contribution >= 0.6 is 0 Å². The van der Waals surface area contributed by atoms with Gasteiger partial charge in [0.2, 0.25) is 5.91 Å². The molecule has 2 amide bonds. The molecule has 1 fully saturated rings. The Kier molecular flexibility index (Phi) is 7.33. The summed E-state index contributed by atoms with van der Waals surface area (Å²) in [5, 5.41) is 15.0. The minimum atomic E-state index is -1.26. The fourth-order valence-electron chi connectivity index (χ4n) is 4.25. The van der Waals surface area contributed by atoms with E-state index in [2.05, 4.69) is 16.0 Å². The second-order valence-electron chi connectivity index (χ2n) is 8.87. The summed E-state index contributed by atoms with van der Waals surface area (Å²) in [6.07, 6.45) is 3.84. The molecule has 168 valence electrons. The number of carboxylic acids is 1. The molecule has 2 aromatic rings. The Bertz CT molecular complexity index is 931. The van der Waals surface area contributed by atoms with Crippen molar-refractivity contribution in [3.63, 3.8) is 0 Å². The first-order valence-corrected chi connectivity index (χ1v) is 10.9. The number of piperidine rings is 1. The van der Waals surface area contributed by atoms with Gasteiger partial charge in [0.15, 0.2) is 6.04 Å². The number of aromatic amines is 1. The van der Waals surface area contributed by atoms with E-state index in [0.717, 1.165) is 16.5 Å². The number of likely N-dealkylation sites (tertiary alicyclic amines) is 1. The van der Waals surface area contributed by atoms with Crippen molar-refractivity contribution in [1.29, 1.82) is 0 Å². The number of fused-ring (bicyclic) bond motifs is 1. The van der Waals surface area contributed by atoms with E-state index in [9.17, 15) is 19.5 Å². The minimum absolute atomic E-state index is 0.0171. The predicted molar refractivity (Wildman–Crippen MR) is 114 cm³/mol. The lowest BCUT2D eigenvalue weighted by molar-refractivity contribution is -0.405. The van der Waals surface area contributed by atoms with E-state index in [1.165, 1.54) is 0 Å². The maximum absolute atomic E-state index is 12.9. The van der Waals surface area contributed by atoms with E-state index >= 15 is 0 Å². The predicted octanol–water partition coefficient (Wildman–Crippen LogP) is -0.160. The number of hydrogen-bond acceptors (Lipinski definition) is 4. The summed E-state index contributed by atoms with van der Waals surface area (Å²) in [7, 11) is 0. The van der Waals surface area contributed by atoms with Crippen molar-refractivity contribution in [3.8, 4) is 0 Å². The van der Waals surface area contributed by atoms with Gasteiger partial charge in [-0.2, -0.15) is 0 Å². The van der Waals surface area contributed by atoms with Gasteiger partial charge in [0.1, 0.15) is 0 Å². The van der Waals surface area contributed by atoms with Crippen LogP contribution in [-0.2, 0) is 20.8 Å². The summed E-state index contributed by atoms with van der Waals surface area (Å²) in [4.78, 5) is 41.7. The van der Waals surface area contributed by atoms with E-state index in [-0.39, 0.29) is 23.7 Å². The van der Waals surface area contributed by atoms with Gasteiger partial charge in [0.25, 0.3) is 5.91 Å². The molecule has 0 saturated carbocycles. The fourth-order valence-corrected chi connectivity index (χ4v) is 4.25. The maximum atomic E-state index is 12.9. The van der Waals surface area contributed by atoms with Crippen molar-refractivity contribution in [2.24, 2.45) is 11.8 Å². The molecular weight excluding hydrogens is 396 g/mol. The van der Waals surface area contributed by atoms with Gasteiger partial charge in [-0.3, -0.25) is 9.59 Å². The maximum Gasteiger partial charge on any atom is 0.281 e. The smallest absolute Gasteiger partial charge is 0.281 e. The molecule has 0 unspecified atom stereocenters. The van der Waals surface area contributed by atoms with E-state index in [4.69, 9.17) is 0 Å². The SMILES string of the molecule is CC(C)C[C@H](NC(=O)C1CCN(C(=O)[C@@H]([NH3+])Cc2c[nH]c3ccccc23)CC1)C(=O)[O-]. The first kappa shape index (κ1) is 22.8. The van der Waals surface area contributed by atoms with Crippen molar-refractivity contribution in [3.05, 3.63) is 36.0 Å². The summed E-state index contributed by atoms with van der Waals surface area (Å²) in [6, 6.07) is 6.59. The Balaban J connectivity index is 1.52. The summed E-state index contributed by atoms with van der Waals surface area (Å²) in [5.74, 6) is -1.71. The number of benzene rings is 1. The molecule has 8 heteroatoms. The van der Waals surface area contributed by atoms with E-state index in [1.54, 1.807) is 4.90 Å². The monoisotopic (exact) mass is 428 g/mol. The summed E-state index contributed by atoms with van der Waals surface area (Å²) >= 11 is 0. The number of para-hydroxylation sites is 1. The minimum Gasteiger partial charge on any atom is -0.548 e.